The van der Waals surface area contributed by atoms with Crippen molar-refractivity contribution in [3.63, 3.8) is 0 Å². The quantitative estimate of drug-likeness (QED) is 0.624. The van der Waals surface area contributed by atoms with Gasteiger partial charge in [-0.2, -0.15) is 0 Å². The first-order chi connectivity index (χ1) is 8.20. The zero-order valence-corrected chi connectivity index (χ0v) is 10.1. The predicted octanol–water partition coefficient (Wildman–Crippen LogP) is 2.25. The largest absolute Gasteiger partial charge is 0.271 e. The summed E-state index contributed by atoms with van der Waals surface area (Å²) in [4.78, 5) is 4.34. The second-order valence-corrected chi connectivity index (χ2v) is 4.28. The molecule has 1 unspecified atom stereocenters. The number of hydrazine groups is 1. The number of benzene rings is 1. The topological polar surface area (TPSA) is 50.9 Å². The Morgan fingerprint density at radius 1 is 1.12 bits per heavy atom. The third-order valence-electron chi connectivity index (χ3n) is 2.73. The molecule has 0 fully saturated rings. The molecule has 0 aliphatic rings. The summed E-state index contributed by atoms with van der Waals surface area (Å²) >= 11 is 0. The summed E-state index contributed by atoms with van der Waals surface area (Å²) in [6.45, 7) is 4.17. The van der Waals surface area contributed by atoms with E-state index in [1.54, 1.807) is 6.20 Å². The van der Waals surface area contributed by atoms with Crippen molar-refractivity contribution in [2.24, 2.45) is 5.84 Å². The Kier molecular flexibility index (Phi) is 3.52. The maximum Gasteiger partial charge on any atom is 0.0881 e. The number of aryl methyl sites for hydroxylation is 2. The van der Waals surface area contributed by atoms with Crippen LogP contribution in [0.5, 0.6) is 0 Å². The summed E-state index contributed by atoms with van der Waals surface area (Å²) in [5.74, 6) is 5.65. The molecule has 3 nitrogen and oxygen atoms in total. The van der Waals surface area contributed by atoms with Gasteiger partial charge in [0.1, 0.15) is 0 Å². The van der Waals surface area contributed by atoms with Crippen LogP contribution >= 0.6 is 0 Å². The first-order valence-corrected chi connectivity index (χ1v) is 5.66. The van der Waals surface area contributed by atoms with Crippen molar-refractivity contribution in [2.75, 3.05) is 0 Å². The fraction of sp³-hybridized carbons (Fsp3) is 0.214. The minimum absolute atomic E-state index is 0.0604. The van der Waals surface area contributed by atoms with Gasteiger partial charge in [0.15, 0.2) is 0 Å². The summed E-state index contributed by atoms with van der Waals surface area (Å²) in [6, 6.07) is 12.2. The van der Waals surface area contributed by atoms with Gasteiger partial charge in [-0.1, -0.05) is 35.4 Å². The lowest BCUT2D eigenvalue weighted by Gasteiger charge is -2.17. The molecular weight excluding hydrogens is 210 g/mol. The summed E-state index contributed by atoms with van der Waals surface area (Å²) < 4.78 is 0. The monoisotopic (exact) mass is 227 g/mol. The van der Waals surface area contributed by atoms with Crippen LogP contribution in [0.2, 0.25) is 0 Å². The molecular formula is C14H17N3. The van der Waals surface area contributed by atoms with E-state index in [1.807, 2.05) is 18.2 Å². The SMILES string of the molecule is Cc1cc(C)cc(C(NN)c2ccccn2)c1. The van der Waals surface area contributed by atoms with Crippen LogP contribution in [0.1, 0.15) is 28.4 Å². The van der Waals surface area contributed by atoms with Crippen LogP contribution in [-0.2, 0) is 0 Å². The molecule has 0 amide bonds. The fourth-order valence-electron chi connectivity index (χ4n) is 2.08. The maximum atomic E-state index is 5.65. The lowest BCUT2D eigenvalue weighted by molar-refractivity contribution is 0.620. The molecule has 0 radical (unpaired) electrons. The van der Waals surface area contributed by atoms with Gasteiger partial charge in [-0.25, -0.2) is 5.43 Å². The molecule has 1 heterocycles. The van der Waals surface area contributed by atoms with Gasteiger partial charge in [0.25, 0.3) is 0 Å². The lowest BCUT2D eigenvalue weighted by Crippen LogP contribution is -2.29. The van der Waals surface area contributed by atoms with Crippen molar-refractivity contribution < 1.29 is 0 Å². The Morgan fingerprint density at radius 2 is 1.82 bits per heavy atom. The summed E-state index contributed by atoms with van der Waals surface area (Å²) in [5, 5.41) is 0. The number of rotatable bonds is 3. The molecule has 2 rings (SSSR count). The van der Waals surface area contributed by atoms with Gasteiger partial charge < -0.3 is 0 Å². The number of pyridine rings is 1. The number of nitrogens with zero attached hydrogens (tertiary/aromatic N) is 1. The van der Waals surface area contributed by atoms with E-state index in [1.165, 1.54) is 11.1 Å². The molecule has 1 atom stereocenters. The van der Waals surface area contributed by atoms with Crippen LogP contribution in [0.15, 0.2) is 42.6 Å². The molecule has 0 aliphatic heterocycles. The molecule has 2 aromatic rings. The second kappa shape index (κ2) is 5.08. The van der Waals surface area contributed by atoms with Gasteiger partial charge in [0.05, 0.1) is 11.7 Å². The number of hydrogen-bond acceptors (Lipinski definition) is 3. The van der Waals surface area contributed by atoms with Gasteiger partial charge in [-0.3, -0.25) is 10.8 Å². The van der Waals surface area contributed by atoms with Gasteiger partial charge in [0, 0.05) is 6.20 Å². The van der Waals surface area contributed by atoms with E-state index in [0.29, 0.717) is 0 Å². The van der Waals surface area contributed by atoms with Crippen LogP contribution in [0.3, 0.4) is 0 Å². The van der Waals surface area contributed by atoms with Crippen LogP contribution in [0.4, 0.5) is 0 Å². The molecule has 17 heavy (non-hydrogen) atoms. The molecule has 88 valence electrons. The van der Waals surface area contributed by atoms with E-state index in [9.17, 15) is 0 Å². The molecule has 1 aromatic heterocycles. The third-order valence-corrected chi connectivity index (χ3v) is 2.73. The molecule has 1 aromatic carbocycles. The average molecular weight is 227 g/mol. The van der Waals surface area contributed by atoms with E-state index < -0.39 is 0 Å². The van der Waals surface area contributed by atoms with Crippen LogP contribution in [-0.4, -0.2) is 4.98 Å². The van der Waals surface area contributed by atoms with E-state index in [4.69, 9.17) is 5.84 Å². The number of nitrogens with two attached hydrogens (primary N) is 1. The van der Waals surface area contributed by atoms with Crippen LogP contribution in [0, 0.1) is 13.8 Å². The minimum atomic E-state index is -0.0604. The highest BCUT2D eigenvalue weighted by atomic mass is 15.2. The average Bonchev–Trinajstić information content (AvgIpc) is 2.30. The molecule has 0 aliphatic carbocycles. The van der Waals surface area contributed by atoms with Crippen molar-refractivity contribution >= 4 is 0 Å². The Hall–Kier alpha value is -1.71. The van der Waals surface area contributed by atoms with Crippen molar-refractivity contribution in [3.05, 3.63) is 65.0 Å². The smallest absolute Gasteiger partial charge is 0.0881 e. The zero-order valence-electron chi connectivity index (χ0n) is 10.1. The number of hydrogen-bond donors (Lipinski definition) is 2. The van der Waals surface area contributed by atoms with Crippen LogP contribution < -0.4 is 11.3 Å². The first-order valence-electron chi connectivity index (χ1n) is 5.66. The Morgan fingerprint density at radius 3 is 2.35 bits per heavy atom. The Bertz CT molecular complexity index is 474. The molecule has 0 saturated heterocycles. The third kappa shape index (κ3) is 2.70. The standard InChI is InChI=1S/C14H17N3/c1-10-7-11(2)9-12(8-10)14(17-15)13-5-3-4-6-16-13/h3-9,14,17H,15H2,1-2H3. The van der Waals surface area contributed by atoms with Gasteiger partial charge in [0.2, 0.25) is 0 Å². The molecule has 3 heteroatoms. The summed E-state index contributed by atoms with van der Waals surface area (Å²) in [7, 11) is 0. The summed E-state index contributed by atoms with van der Waals surface area (Å²) in [6.07, 6.45) is 1.78. The predicted molar refractivity (Wildman–Crippen MR) is 69.3 cm³/mol. The molecule has 3 N–H and O–H groups in total. The number of nitrogens with one attached hydrogen (secondary N) is 1. The second-order valence-electron chi connectivity index (χ2n) is 4.28. The van der Waals surface area contributed by atoms with Gasteiger partial charge in [-0.15, -0.1) is 0 Å². The fourth-order valence-corrected chi connectivity index (χ4v) is 2.08. The van der Waals surface area contributed by atoms with Gasteiger partial charge >= 0.3 is 0 Å². The van der Waals surface area contributed by atoms with Crippen LogP contribution in [0.25, 0.3) is 0 Å². The van der Waals surface area contributed by atoms with Crippen molar-refractivity contribution in [1.82, 2.24) is 10.4 Å². The molecule has 0 saturated carbocycles. The van der Waals surface area contributed by atoms with Crippen molar-refractivity contribution in [3.8, 4) is 0 Å². The maximum absolute atomic E-state index is 5.65. The molecule has 0 bridgehead atoms. The van der Waals surface area contributed by atoms with Crippen molar-refractivity contribution in [1.29, 1.82) is 0 Å². The zero-order chi connectivity index (χ0) is 12.3. The lowest BCUT2D eigenvalue weighted by atomic mass is 9.99. The van der Waals surface area contributed by atoms with Gasteiger partial charge in [-0.05, 0) is 31.5 Å². The Balaban J connectivity index is 2.42. The highest BCUT2D eigenvalue weighted by Crippen LogP contribution is 2.21. The van der Waals surface area contributed by atoms with E-state index in [2.05, 4.69) is 42.5 Å². The summed E-state index contributed by atoms with van der Waals surface area (Å²) in [5.41, 5.74) is 7.36. The highest BCUT2D eigenvalue weighted by molar-refractivity contribution is 5.34. The highest BCUT2D eigenvalue weighted by Gasteiger charge is 2.13. The van der Waals surface area contributed by atoms with Crippen molar-refractivity contribution in [2.45, 2.75) is 19.9 Å². The number of aromatic nitrogens is 1. The molecule has 0 spiro atoms. The van der Waals surface area contributed by atoms with E-state index >= 15 is 0 Å². The normalized spacial score (nSPS) is 12.4. The van der Waals surface area contributed by atoms with E-state index in [-0.39, 0.29) is 6.04 Å². The van der Waals surface area contributed by atoms with E-state index in [0.717, 1.165) is 11.3 Å². The minimum Gasteiger partial charge on any atom is -0.271 e. The Labute approximate surface area is 102 Å². The first kappa shape index (κ1) is 11.8.